The number of allylic oxidation sites excluding steroid dienone is 2. The zero-order valence-electron chi connectivity index (χ0n) is 16.9. The topological polar surface area (TPSA) is 9.23 Å². The highest BCUT2D eigenvalue weighted by atomic mass is 19.4. The molecule has 31 heavy (non-hydrogen) atoms. The van der Waals surface area contributed by atoms with Gasteiger partial charge in [0.05, 0.1) is 0 Å². The molecule has 0 spiro atoms. The van der Waals surface area contributed by atoms with Gasteiger partial charge in [-0.2, -0.15) is 0 Å². The van der Waals surface area contributed by atoms with Gasteiger partial charge in [-0.3, -0.25) is 0 Å². The van der Waals surface area contributed by atoms with Crippen molar-refractivity contribution in [2.75, 3.05) is 0 Å². The average Bonchev–Trinajstić information content (AvgIpc) is 2.68. The molecule has 0 aromatic heterocycles. The van der Waals surface area contributed by atoms with Gasteiger partial charge < -0.3 is 4.74 Å². The second-order valence-corrected chi connectivity index (χ2v) is 8.29. The van der Waals surface area contributed by atoms with Gasteiger partial charge in [0, 0.05) is 6.07 Å². The first-order valence-corrected chi connectivity index (χ1v) is 10.3. The van der Waals surface area contributed by atoms with Crippen LogP contribution >= 0.6 is 0 Å². The lowest BCUT2D eigenvalue weighted by atomic mass is 9.58. The summed E-state index contributed by atoms with van der Waals surface area (Å²) < 4.78 is 84.0. The summed E-state index contributed by atoms with van der Waals surface area (Å²) in [5.74, 6) is -3.33. The number of hydrogen-bond donors (Lipinski definition) is 0. The molecule has 4 rings (SSSR count). The van der Waals surface area contributed by atoms with Crippen LogP contribution < -0.4 is 4.74 Å². The first-order valence-electron chi connectivity index (χ1n) is 10.3. The Morgan fingerprint density at radius 1 is 0.968 bits per heavy atom. The molecule has 4 unspecified atom stereocenters. The molecular weight excluding hydrogens is 418 g/mol. The number of alkyl halides is 3. The summed E-state index contributed by atoms with van der Waals surface area (Å²) >= 11 is 0. The van der Waals surface area contributed by atoms with Crippen LogP contribution in [0.25, 0.3) is 0 Å². The predicted octanol–water partition coefficient (Wildman–Crippen LogP) is 7.42. The second kappa shape index (κ2) is 8.24. The van der Waals surface area contributed by atoms with E-state index >= 15 is 0 Å². The standard InChI is InChI=1S/C24H22F6O/c1-2-3-13-4-6-16-18(8-7-17-19(16)11-15(25)12-20(17)26)23(13)14-5-9-22(21(27)10-14)31-24(28,29)30/h2-3,5,9-13,16,18,23H,4,6-8H2,1H3. The van der Waals surface area contributed by atoms with Crippen LogP contribution in [0.2, 0.25) is 0 Å². The number of benzene rings is 2. The number of halogens is 6. The summed E-state index contributed by atoms with van der Waals surface area (Å²) in [5.41, 5.74) is 1.77. The van der Waals surface area contributed by atoms with Crippen LogP contribution in [0.5, 0.6) is 5.75 Å². The third-order valence-corrected chi connectivity index (χ3v) is 6.58. The molecule has 4 atom stereocenters. The molecule has 1 fully saturated rings. The highest BCUT2D eigenvalue weighted by molar-refractivity contribution is 5.39. The molecule has 1 saturated carbocycles. The van der Waals surface area contributed by atoms with Gasteiger partial charge in [-0.15, -0.1) is 13.2 Å². The number of fused-ring (bicyclic) bond motifs is 3. The van der Waals surface area contributed by atoms with Crippen LogP contribution in [-0.4, -0.2) is 6.36 Å². The summed E-state index contributed by atoms with van der Waals surface area (Å²) in [4.78, 5) is 0. The van der Waals surface area contributed by atoms with E-state index in [-0.39, 0.29) is 23.7 Å². The Hall–Kier alpha value is -2.44. The fourth-order valence-corrected chi connectivity index (χ4v) is 5.52. The predicted molar refractivity (Wildman–Crippen MR) is 104 cm³/mol. The first-order chi connectivity index (χ1) is 14.7. The van der Waals surface area contributed by atoms with Crippen LogP contribution in [-0.2, 0) is 6.42 Å². The smallest absolute Gasteiger partial charge is 0.403 e. The Kier molecular flexibility index (Phi) is 5.79. The molecule has 2 aliphatic rings. The van der Waals surface area contributed by atoms with Gasteiger partial charge in [-0.05, 0) is 91.2 Å². The Morgan fingerprint density at radius 2 is 1.74 bits per heavy atom. The van der Waals surface area contributed by atoms with Crippen molar-refractivity contribution in [2.45, 2.75) is 50.8 Å². The molecule has 0 bridgehead atoms. The molecule has 2 aromatic rings. The summed E-state index contributed by atoms with van der Waals surface area (Å²) in [7, 11) is 0. The minimum Gasteiger partial charge on any atom is -0.403 e. The van der Waals surface area contributed by atoms with Crippen LogP contribution in [0.1, 0.15) is 54.7 Å². The van der Waals surface area contributed by atoms with Crippen molar-refractivity contribution in [1.29, 1.82) is 0 Å². The number of rotatable bonds is 3. The van der Waals surface area contributed by atoms with Crippen molar-refractivity contribution in [1.82, 2.24) is 0 Å². The molecule has 0 radical (unpaired) electrons. The quantitative estimate of drug-likeness (QED) is 0.357. The maximum atomic E-state index is 14.5. The molecule has 7 heteroatoms. The normalized spacial score (nSPS) is 25.9. The number of hydrogen-bond acceptors (Lipinski definition) is 1. The molecule has 2 aliphatic carbocycles. The minimum absolute atomic E-state index is 0.00238. The van der Waals surface area contributed by atoms with Gasteiger partial charge in [-0.25, -0.2) is 13.2 Å². The van der Waals surface area contributed by atoms with E-state index < -0.39 is 29.6 Å². The molecule has 2 aromatic carbocycles. The second-order valence-electron chi connectivity index (χ2n) is 8.29. The van der Waals surface area contributed by atoms with Crippen molar-refractivity contribution in [3.63, 3.8) is 0 Å². The highest BCUT2D eigenvalue weighted by Crippen LogP contribution is 2.54. The van der Waals surface area contributed by atoms with Gasteiger partial charge in [0.15, 0.2) is 11.6 Å². The van der Waals surface area contributed by atoms with E-state index in [0.717, 1.165) is 31.0 Å². The van der Waals surface area contributed by atoms with Gasteiger partial charge in [-0.1, -0.05) is 18.2 Å². The lowest BCUT2D eigenvalue weighted by Gasteiger charge is -2.46. The van der Waals surface area contributed by atoms with Gasteiger partial charge in [0.25, 0.3) is 0 Å². The van der Waals surface area contributed by atoms with Gasteiger partial charge >= 0.3 is 6.36 Å². The van der Waals surface area contributed by atoms with E-state index in [4.69, 9.17) is 0 Å². The highest BCUT2D eigenvalue weighted by Gasteiger charge is 2.43. The first kappa shape index (κ1) is 21.8. The minimum atomic E-state index is -4.98. The molecule has 0 aliphatic heterocycles. The van der Waals surface area contributed by atoms with Gasteiger partial charge in [0.1, 0.15) is 11.6 Å². The Balaban J connectivity index is 1.73. The summed E-state index contributed by atoms with van der Waals surface area (Å²) in [6, 6.07) is 5.87. The maximum absolute atomic E-state index is 14.5. The molecular formula is C24H22F6O. The van der Waals surface area contributed by atoms with Crippen LogP contribution in [0, 0.1) is 29.3 Å². The molecule has 0 N–H and O–H groups in total. The van der Waals surface area contributed by atoms with E-state index in [2.05, 4.69) is 4.74 Å². The SMILES string of the molecule is CC=CC1CCC2c3cc(F)cc(F)c3CCC2C1c1ccc(OC(F)(F)F)c(F)c1. The zero-order valence-corrected chi connectivity index (χ0v) is 16.9. The van der Waals surface area contributed by atoms with E-state index in [1.165, 1.54) is 12.1 Å². The van der Waals surface area contributed by atoms with E-state index in [9.17, 15) is 26.3 Å². The monoisotopic (exact) mass is 440 g/mol. The third-order valence-electron chi connectivity index (χ3n) is 6.58. The van der Waals surface area contributed by atoms with Crippen LogP contribution in [0.4, 0.5) is 26.3 Å². The van der Waals surface area contributed by atoms with E-state index in [1.54, 1.807) is 0 Å². The summed E-state index contributed by atoms with van der Waals surface area (Å²) in [6.45, 7) is 1.88. The molecule has 0 saturated heterocycles. The van der Waals surface area contributed by atoms with Crippen molar-refractivity contribution in [3.05, 3.63) is 76.6 Å². The maximum Gasteiger partial charge on any atom is 0.573 e. The summed E-state index contributed by atoms with van der Waals surface area (Å²) in [6.07, 6.45) is 1.51. The van der Waals surface area contributed by atoms with Crippen LogP contribution in [0.15, 0.2) is 42.5 Å². The fourth-order valence-electron chi connectivity index (χ4n) is 5.52. The lowest BCUT2D eigenvalue weighted by molar-refractivity contribution is -0.275. The van der Waals surface area contributed by atoms with Crippen molar-refractivity contribution in [3.8, 4) is 5.75 Å². The summed E-state index contributed by atoms with van der Waals surface area (Å²) in [5, 5.41) is 0. The third kappa shape index (κ3) is 4.32. The van der Waals surface area contributed by atoms with Crippen molar-refractivity contribution >= 4 is 0 Å². The average molecular weight is 440 g/mol. The van der Waals surface area contributed by atoms with Crippen molar-refractivity contribution in [2.24, 2.45) is 11.8 Å². The number of ether oxygens (including phenoxy) is 1. The molecule has 0 heterocycles. The largest absolute Gasteiger partial charge is 0.573 e. The molecule has 166 valence electrons. The molecule has 1 nitrogen and oxygen atoms in total. The van der Waals surface area contributed by atoms with E-state index in [0.29, 0.717) is 29.5 Å². The Labute approximate surface area is 176 Å². The van der Waals surface area contributed by atoms with E-state index in [1.807, 2.05) is 19.1 Å². The Morgan fingerprint density at radius 3 is 2.42 bits per heavy atom. The molecule has 0 amide bonds. The lowest BCUT2D eigenvalue weighted by Crippen LogP contribution is -2.35. The van der Waals surface area contributed by atoms with Crippen molar-refractivity contribution < 1.29 is 31.1 Å². The van der Waals surface area contributed by atoms with Crippen LogP contribution in [0.3, 0.4) is 0 Å². The fraction of sp³-hybridized carbons (Fsp3) is 0.417. The Bertz CT molecular complexity index is 996. The zero-order chi connectivity index (χ0) is 22.3. The van der Waals surface area contributed by atoms with Gasteiger partial charge in [0.2, 0.25) is 0 Å².